The molecule has 1 fully saturated rings. The number of aryl methyl sites for hydroxylation is 1. The third-order valence-corrected chi connectivity index (χ3v) is 2.19. The molecule has 1 amide bonds. The molecule has 2 heterocycles. The van der Waals surface area contributed by atoms with E-state index in [2.05, 4.69) is 10.3 Å². The van der Waals surface area contributed by atoms with Crippen LogP contribution in [0.3, 0.4) is 0 Å². The molecule has 0 aliphatic carbocycles. The Kier molecular flexibility index (Phi) is 2.45. The monoisotopic (exact) mass is 192 g/mol. The van der Waals surface area contributed by atoms with E-state index in [0.29, 0.717) is 6.61 Å². The zero-order chi connectivity index (χ0) is 9.97. The Hall–Kier alpha value is -1.42. The molecule has 1 atom stereocenters. The van der Waals surface area contributed by atoms with Gasteiger partial charge < -0.3 is 10.1 Å². The van der Waals surface area contributed by atoms with Gasteiger partial charge in [-0.1, -0.05) is 6.07 Å². The minimum atomic E-state index is -0.0678. The van der Waals surface area contributed by atoms with E-state index in [1.807, 2.05) is 19.1 Å². The van der Waals surface area contributed by atoms with E-state index in [-0.39, 0.29) is 18.6 Å². The summed E-state index contributed by atoms with van der Waals surface area (Å²) in [5.41, 5.74) is 1.96. The molecular weight excluding hydrogens is 180 g/mol. The van der Waals surface area contributed by atoms with Crippen LogP contribution in [-0.2, 0) is 9.53 Å². The zero-order valence-corrected chi connectivity index (χ0v) is 7.99. The fourth-order valence-corrected chi connectivity index (χ4v) is 1.41. The van der Waals surface area contributed by atoms with Gasteiger partial charge in [-0.2, -0.15) is 0 Å². The number of hydrogen-bond donors (Lipinski definition) is 1. The molecule has 1 saturated heterocycles. The zero-order valence-electron chi connectivity index (χ0n) is 7.99. The van der Waals surface area contributed by atoms with Crippen molar-refractivity contribution in [3.05, 3.63) is 29.6 Å². The number of ether oxygens (including phenoxy) is 1. The number of hydrogen-bond acceptors (Lipinski definition) is 3. The van der Waals surface area contributed by atoms with Gasteiger partial charge in [-0.05, 0) is 18.6 Å². The molecule has 0 radical (unpaired) electrons. The molecule has 1 aliphatic heterocycles. The molecule has 0 bridgehead atoms. The quantitative estimate of drug-likeness (QED) is 0.708. The molecule has 14 heavy (non-hydrogen) atoms. The van der Waals surface area contributed by atoms with Crippen molar-refractivity contribution in [1.82, 2.24) is 10.3 Å². The highest BCUT2D eigenvalue weighted by molar-refractivity contribution is 5.78. The lowest BCUT2D eigenvalue weighted by molar-refractivity contribution is -0.131. The van der Waals surface area contributed by atoms with Gasteiger partial charge in [0.2, 0.25) is 5.91 Å². The number of aromatic nitrogens is 1. The summed E-state index contributed by atoms with van der Waals surface area (Å²) in [5.74, 6) is -0.0678. The fraction of sp³-hybridized carbons (Fsp3) is 0.400. The topological polar surface area (TPSA) is 51.2 Å². The predicted molar refractivity (Wildman–Crippen MR) is 50.7 cm³/mol. The minimum absolute atomic E-state index is 0.0515. The van der Waals surface area contributed by atoms with Crippen LogP contribution in [-0.4, -0.2) is 24.1 Å². The van der Waals surface area contributed by atoms with Crippen molar-refractivity contribution in [2.24, 2.45) is 0 Å². The summed E-state index contributed by atoms with van der Waals surface area (Å²) in [5, 5.41) is 2.85. The molecule has 74 valence electrons. The van der Waals surface area contributed by atoms with E-state index in [0.717, 1.165) is 11.3 Å². The molecule has 0 saturated carbocycles. The van der Waals surface area contributed by atoms with Gasteiger partial charge in [0, 0.05) is 11.9 Å². The molecule has 1 aliphatic rings. The number of morpholine rings is 1. The summed E-state index contributed by atoms with van der Waals surface area (Å²) >= 11 is 0. The van der Waals surface area contributed by atoms with Crippen molar-refractivity contribution in [3.8, 4) is 0 Å². The Bertz CT molecular complexity index is 334. The number of carbonyl (C=O) groups excluding carboxylic acids is 1. The van der Waals surface area contributed by atoms with Crippen LogP contribution in [0.2, 0.25) is 0 Å². The first-order valence-corrected chi connectivity index (χ1v) is 4.55. The van der Waals surface area contributed by atoms with Crippen LogP contribution in [0.4, 0.5) is 0 Å². The molecule has 1 unspecified atom stereocenters. The highest BCUT2D eigenvalue weighted by atomic mass is 16.5. The molecule has 1 aromatic heterocycles. The molecule has 0 aromatic carbocycles. The second kappa shape index (κ2) is 3.75. The lowest BCUT2D eigenvalue weighted by Gasteiger charge is -2.23. The van der Waals surface area contributed by atoms with Crippen LogP contribution in [0.5, 0.6) is 0 Å². The van der Waals surface area contributed by atoms with Gasteiger partial charge in [-0.3, -0.25) is 9.78 Å². The van der Waals surface area contributed by atoms with Crippen LogP contribution in [0.25, 0.3) is 0 Å². The predicted octanol–water partition coefficient (Wildman–Crippen LogP) is 0.578. The van der Waals surface area contributed by atoms with Gasteiger partial charge in [-0.25, -0.2) is 0 Å². The molecule has 4 nitrogen and oxygen atoms in total. The lowest BCUT2D eigenvalue weighted by Crippen LogP contribution is -2.39. The summed E-state index contributed by atoms with van der Waals surface area (Å²) in [6.45, 7) is 2.62. The number of carbonyl (C=O) groups is 1. The van der Waals surface area contributed by atoms with Crippen molar-refractivity contribution < 1.29 is 9.53 Å². The van der Waals surface area contributed by atoms with Crippen LogP contribution >= 0.6 is 0 Å². The standard InChI is InChI=1S/C10H12N2O2/c1-7-2-3-8(4-11-7)9-5-14-6-10(13)12-9/h2-4,9H,5-6H2,1H3,(H,12,13). The number of amides is 1. The van der Waals surface area contributed by atoms with E-state index in [1.165, 1.54) is 0 Å². The second-order valence-corrected chi connectivity index (χ2v) is 3.37. The number of rotatable bonds is 1. The van der Waals surface area contributed by atoms with Gasteiger partial charge in [0.25, 0.3) is 0 Å². The highest BCUT2D eigenvalue weighted by Crippen LogP contribution is 2.14. The average Bonchev–Trinajstić information content (AvgIpc) is 2.19. The number of nitrogens with one attached hydrogen (secondary N) is 1. The first-order valence-electron chi connectivity index (χ1n) is 4.55. The maximum absolute atomic E-state index is 11.1. The van der Waals surface area contributed by atoms with Gasteiger partial charge in [0.05, 0.1) is 12.6 Å². The summed E-state index contributed by atoms with van der Waals surface area (Å²) in [7, 11) is 0. The second-order valence-electron chi connectivity index (χ2n) is 3.37. The molecule has 4 heteroatoms. The maximum Gasteiger partial charge on any atom is 0.246 e. The third-order valence-electron chi connectivity index (χ3n) is 2.19. The number of pyridine rings is 1. The largest absolute Gasteiger partial charge is 0.369 e. The van der Waals surface area contributed by atoms with E-state index >= 15 is 0 Å². The van der Waals surface area contributed by atoms with Crippen molar-refractivity contribution in [3.63, 3.8) is 0 Å². The molecule has 2 rings (SSSR count). The third kappa shape index (κ3) is 1.90. The van der Waals surface area contributed by atoms with Crippen LogP contribution in [0.1, 0.15) is 17.3 Å². The Morgan fingerprint density at radius 2 is 2.43 bits per heavy atom. The van der Waals surface area contributed by atoms with Gasteiger partial charge in [0.15, 0.2) is 0 Å². The maximum atomic E-state index is 11.1. The first-order chi connectivity index (χ1) is 6.75. The Labute approximate surface area is 82.3 Å². The molecule has 1 aromatic rings. The summed E-state index contributed by atoms with van der Waals surface area (Å²) in [6.07, 6.45) is 1.77. The summed E-state index contributed by atoms with van der Waals surface area (Å²) < 4.78 is 5.14. The van der Waals surface area contributed by atoms with Crippen LogP contribution in [0, 0.1) is 6.92 Å². The van der Waals surface area contributed by atoms with E-state index in [1.54, 1.807) is 6.20 Å². The van der Waals surface area contributed by atoms with Gasteiger partial charge in [0.1, 0.15) is 6.61 Å². The Morgan fingerprint density at radius 3 is 3.07 bits per heavy atom. The summed E-state index contributed by atoms with van der Waals surface area (Å²) in [6, 6.07) is 3.84. The van der Waals surface area contributed by atoms with Crippen LogP contribution in [0.15, 0.2) is 18.3 Å². The molecular formula is C10H12N2O2. The SMILES string of the molecule is Cc1ccc(C2COCC(=O)N2)cn1. The van der Waals surface area contributed by atoms with Crippen molar-refractivity contribution in [2.45, 2.75) is 13.0 Å². The van der Waals surface area contributed by atoms with E-state index < -0.39 is 0 Å². The van der Waals surface area contributed by atoms with Crippen molar-refractivity contribution in [2.75, 3.05) is 13.2 Å². The lowest BCUT2D eigenvalue weighted by atomic mass is 10.1. The van der Waals surface area contributed by atoms with E-state index in [9.17, 15) is 4.79 Å². The fourth-order valence-electron chi connectivity index (χ4n) is 1.41. The molecule has 1 N–H and O–H groups in total. The highest BCUT2D eigenvalue weighted by Gasteiger charge is 2.19. The van der Waals surface area contributed by atoms with E-state index in [4.69, 9.17) is 4.74 Å². The summed E-state index contributed by atoms with van der Waals surface area (Å²) in [4.78, 5) is 15.2. The van der Waals surface area contributed by atoms with Crippen molar-refractivity contribution in [1.29, 1.82) is 0 Å². The molecule has 0 spiro atoms. The first kappa shape index (κ1) is 9.15. The van der Waals surface area contributed by atoms with Gasteiger partial charge in [-0.15, -0.1) is 0 Å². The van der Waals surface area contributed by atoms with Gasteiger partial charge >= 0.3 is 0 Å². The average molecular weight is 192 g/mol. The van der Waals surface area contributed by atoms with Crippen molar-refractivity contribution >= 4 is 5.91 Å². The minimum Gasteiger partial charge on any atom is -0.369 e. The van der Waals surface area contributed by atoms with Crippen LogP contribution < -0.4 is 5.32 Å². The Morgan fingerprint density at radius 1 is 1.57 bits per heavy atom. The normalized spacial score (nSPS) is 21.8. The number of nitrogens with zero attached hydrogens (tertiary/aromatic N) is 1. The smallest absolute Gasteiger partial charge is 0.246 e. The Balaban J connectivity index is 2.14.